The highest BCUT2D eigenvalue weighted by atomic mass is 79.9. The van der Waals surface area contributed by atoms with Crippen LogP contribution in [0, 0.1) is 0 Å². The molecule has 0 aliphatic carbocycles. The zero-order valence-corrected chi connectivity index (χ0v) is 31.6. The number of hydrogen-bond donors (Lipinski definition) is 3. The van der Waals surface area contributed by atoms with E-state index in [-0.39, 0.29) is 17.2 Å². The summed E-state index contributed by atoms with van der Waals surface area (Å²) in [5.41, 5.74) is 0. The van der Waals surface area contributed by atoms with E-state index in [2.05, 4.69) is 159 Å². The largest absolute Gasteiger partial charge is 0.507 e. The third-order valence-corrected chi connectivity index (χ3v) is 13.5. The van der Waals surface area contributed by atoms with Gasteiger partial charge in [0, 0.05) is 26.8 Å². The number of nitrogens with zero attached hydrogens (tertiary/aromatic N) is 3. The van der Waals surface area contributed by atoms with Crippen LogP contribution >= 0.6 is 143 Å². The first kappa shape index (κ1) is 34.4. The van der Waals surface area contributed by atoms with E-state index in [0.29, 0.717) is 13.4 Å². The van der Waals surface area contributed by atoms with E-state index in [0.717, 1.165) is 26.8 Å². The Morgan fingerprint density at radius 3 is 0.861 bits per heavy atom. The van der Waals surface area contributed by atoms with Crippen LogP contribution in [0.4, 0.5) is 0 Å². The molecule has 0 atom stereocenters. The summed E-state index contributed by atoms with van der Waals surface area (Å²) in [6, 6.07) is 11.8. The smallest absolute Gasteiger partial charge is 0.130 e. The van der Waals surface area contributed by atoms with Crippen LogP contribution < -0.4 is 0 Å². The second kappa shape index (κ2) is 17.9. The molecule has 192 valence electrons. The maximum absolute atomic E-state index is 9.13. The van der Waals surface area contributed by atoms with Crippen molar-refractivity contribution in [3.05, 3.63) is 95.1 Å². The maximum atomic E-state index is 9.13. The highest BCUT2D eigenvalue weighted by Gasteiger charge is 2.06. The average Bonchev–Trinajstić information content (AvgIpc) is 2.89. The monoisotopic (exact) mass is 1060 g/mol. The minimum absolute atomic E-state index is 0.232. The van der Waals surface area contributed by atoms with Crippen molar-refractivity contribution in [3.63, 3.8) is 0 Å². The van der Waals surface area contributed by atoms with Gasteiger partial charge in [0.2, 0.25) is 0 Å². The van der Waals surface area contributed by atoms with E-state index in [1.54, 1.807) is 54.9 Å². The molecule has 0 aliphatic heterocycles. The van der Waals surface area contributed by atoms with Crippen LogP contribution in [0.3, 0.4) is 0 Å². The minimum Gasteiger partial charge on any atom is -0.507 e. The summed E-state index contributed by atoms with van der Waals surface area (Å²) in [7, 11) is 0. The summed E-state index contributed by atoms with van der Waals surface area (Å²) in [5, 5.41) is 37.5. The minimum atomic E-state index is 0.232. The summed E-state index contributed by atoms with van der Waals surface area (Å²) in [6.07, 6.45) is 3.15. The van der Waals surface area contributed by atoms with Crippen LogP contribution in [-0.2, 0) is 0 Å². The van der Waals surface area contributed by atoms with Crippen molar-refractivity contribution in [2.75, 3.05) is 0 Å². The van der Waals surface area contributed by atoms with E-state index in [1.165, 1.54) is 0 Å². The van der Waals surface area contributed by atoms with Gasteiger partial charge in [0.1, 0.15) is 17.2 Å². The Hall–Kier alpha value is 0.390. The third kappa shape index (κ3) is 11.6. The van der Waals surface area contributed by atoms with Crippen molar-refractivity contribution in [1.29, 1.82) is 0 Å². The van der Waals surface area contributed by atoms with Crippen LogP contribution in [0.1, 0.15) is 0 Å². The van der Waals surface area contributed by atoms with Gasteiger partial charge in [-0.2, -0.15) is 0 Å². The molecule has 36 heavy (non-hydrogen) atoms. The molecule has 0 aliphatic rings. The predicted molar refractivity (Wildman–Crippen MR) is 173 cm³/mol. The van der Waals surface area contributed by atoms with Gasteiger partial charge in [0.25, 0.3) is 0 Å². The molecule has 0 saturated heterocycles. The molecule has 0 fully saturated rings. The first-order valence-electron chi connectivity index (χ1n) is 8.94. The lowest BCUT2D eigenvalue weighted by molar-refractivity contribution is 0.470. The lowest BCUT2D eigenvalue weighted by Gasteiger charge is -2.00. The fraction of sp³-hybridized carbons (Fsp3) is 0. The van der Waals surface area contributed by atoms with Crippen molar-refractivity contribution in [2.45, 2.75) is 0 Å². The molecule has 0 bridgehead atoms. The van der Waals surface area contributed by atoms with Crippen LogP contribution in [0.5, 0.6) is 17.2 Å². The molecule has 1 aromatic heterocycles. The van der Waals surface area contributed by atoms with Gasteiger partial charge in [-0.25, -0.2) is 0 Å². The van der Waals surface area contributed by atoms with Crippen LogP contribution in [0.15, 0.2) is 95.1 Å². The summed E-state index contributed by atoms with van der Waals surface area (Å²) >= 11 is 29.3. The van der Waals surface area contributed by atoms with E-state index in [4.69, 9.17) is 15.3 Å². The second-order valence-corrected chi connectivity index (χ2v) is 13.2. The van der Waals surface area contributed by atoms with Gasteiger partial charge in [-0.05, 0) is 191 Å². The Balaban J connectivity index is 0.000000244. The molecule has 3 aromatic carbocycles. The standard InChI is InChI=1S/3C6H3Br3O.C3H3N3/c3*7-3-1-2-4(10)6(9)5(3)8;1-2-4-6-5-3-1/h3*1-2,10H;1-3H. The quantitative estimate of drug-likeness (QED) is 0.152. The number of aromatic hydroxyl groups is 3. The molecule has 4 rings (SSSR count). The maximum Gasteiger partial charge on any atom is 0.130 e. The van der Waals surface area contributed by atoms with E-state index < -0.39 is 0 Å². The number of halogens is 9. The molecule has 1 heterocycles. The average molecular weight is 1070 g/mol. The Labute approximate surface area is 282 Å². The Bertz CT molecular complexity index is 1040. The van der Waals surface area contributed by atoms with Crippen molar-refractivity contribution in [2.24, 2.45) is 0 Å². The Kier molecular flexibility index (Phi) is 17.1. The van der Waals surface area contributed by atoms with Crippen molar-refractivity contribution < 1.29 is 15.3 Å². The predicted octanol–water partition coefficient (Wildman–Crippen LogP) is 10.9. The van der Waals surface area contributed by atoms with Crippen molar-refractivity contribution >= 4 is 143 Å². The molecule has 0 saturated carbocycles. The molecular weight excluding hydrogens is 1060 g/mol. The number of hydrogen-bond acceptors (Lipinski definition) is 6. The van der Waals surface area contributed by atoms with Gasteiger partial charge in [-0.3, -0.25) is 0 Å². The lowest BCUT2D eigenvalue weighted by atomic mass is 10.3. The van der Waals surface area contributed by atoms with Gasteiger partial charge >= 0.3 is 0 Å². The Morgan fingerprint density at radius 2 is 0.694 bits per heavy atom. The summed E-state index contributed by atoms with van der Waals surface area (Å²) in [4.78, 5) is 0. The SMILES string of the molecule is Oc1ccc(Br)c(Br)c1Br.Oc1ccc(Br)c(Br)c1Br.Oc1ccc(Br)c(Br)c1Br.c1cnnnc1. The molecule has 4 aromatic rings. The molecular formula is C21H12Br9N3O3. The van der Waals surface area contributed by atoms with Gasteiger partial charge in [-0.1, -0.05) is 0 Å². The number of benzene rings is 3. The molecule has 3 N–H and O–H groups in total. The van der Waals surface area contributed by atoms with E-state index in [9.17, 15) is 0 Å². The zero-order valence-electron chi connectivity index (χ0n) is 17.3. The molecule has 0 spiro atoms. The normalized spacial score (nSPS) is 9.58. The van der Waals surface area contributed by atoms with Gasteiger partial charge in [0.05, 0.1) is 25.8 Å². The number of rotatable bonds is 0. The van der Waals surface area contributed by atoms with E-state index >= 15 is 0 Å². The summed E-state index contributed by atoms with van der Waals surface area (Å²) in [5.74, 6) is 0.695. The molecule has 0 amide bonds. The lowest BCUT2D eigenvalue weighted by Crippen LogP contribution is -1.78. The highest BCUT2D eigenvalue weighted by Crippen LogP contribution is 2.38. The molecule has 0 unspecified atom stereocenters. The number of aromatic nitrogens is 3. The fourth-order valence-electron chi connectivity index (χ4n) is 1.75. The second-order valence-electron chi connectivity index (χ2n) is 5.89. The number of phenolic OH excluding ortho intramolecular Hbond substituents is 3. The summed E-state index contributed by atoms with van der Waals surface area (Å²) in [6.45, 7) is 0. The first-order valence-corrected chi connectivity index (χ1v) is 16.1. The fourth-order valence-corrected chi connectivity index (χ4v) is 5.58. The first-order chi connectivity index (χ1) is 16.9. The molecule has 6 nitrogen and oxygen atoms in total. The van der Waals surface area contributed by atoms with Crippen molar-refractivity contribution in [1.82, 2.24) is 15.4 Å². The molecule has 15 heteroatoms. The van der Waals surface area contributed by atoms with Gasteiger partial charge < -0.3 is 15.3 Å². The topological polar surface area (TPSA) is 99.4 Å². The van der Waals surface area contributed by atoms with E-state index in [1.807, 2.05) is 0 Å². The highest BCUT2D eigenvalue weighted by molar-refractivity contribution is 9.15. The van der Waals surface area contributed by atoms with Gasteiger partial charge in [-0.15, -0.1) is 10.2 Å². The van der Waals surface area contributed by atoms with Crippen LogP contribution in [0.2, 0.25) is 0 Å². The van der Waals surface area contributed by atoms with Gasteiger partial charge in [0.15, 0.2) is 0 Å². The molecule has 0 radical (unpaired) electrons. The summed E-state index contributed by atoms with van der Waals surface area (Å²) < 4.78 is 7.23. The van der Waals surface area contributed by atoms with Crippen molar-refractivity contribution in [3.8, 4) is 17.2 Å². The number of phenols is 3. The van der Waals surface area contributed by atoms with Crippen LogP contribution in [-0.4, -0.2) is 30.7 Å². The van der Waals surface area contributed by atoms with Crippen LogP contribution in [0.25, 0.3) is 0 Å². The third-order valence-electron chi connectivity index (χ3n) is 3.45. The Morgan fingerprint density at radius 1 is 0.417 bits per heavy atom. The zero-order chi connectivity index (χ0) is 27.4.